The van der Waals surface area contributed by atoms with Gasteiger partial charge in [0.25, 0.3) is 5.91 Å². The van der Waals surface area contributed by atoms with Crippen LogP contribution in [0.2, 0.25) is 0 Å². The lowest BCUT2D eigenvalue weighted by atomic mass is 10.1. The predicted molar refractivity (Wildman–Crippen MR) is 82.6 cm³/mol. The molecule has 1 amide bonds. The summed E-state index contributed by atoms with van der Waals surface area (Å²) in [6.07, 6.45) is 0.738. The van der Waals surface area contributed by atoms with Crippen molar-refractivity contribution >= 4 is 11.9 Å². The fourth-order valence-electron chi connectivity index (χ4n) is 2.12. The van der Waals surface area contributed by atoms with Crippen molar-refractivity contribution in [1.82, 2.24) is 10.3 Å². The molecular formula is C16H26N2O3. The molecule has 0 spiro atoms. The average molecular weight is 294 g/mol. The van der Waals surface area contributed by atoms with E-state index >= 15 is 0 Å². The number of rotatable bonds is 6. The molecule has 1 aromatic rings. The molecule has 0 saturated carbocycles. The van der Waals surface area contributed by atoms with Gasteiger partial charge in [0.2, 0.25) is 0 Å². The van der Waals surface area contributed by atoms with E-state index < -0.39 is 5.97 Å². The summed E-state index contributed by atoms with van der Waals surface area (Å²) >= 11 is 0. The van der Waals surface area contributed by atoms with Crippen LogP contribution in [0.1, 0.15) is 66.2 Å². The summed E-state index contributed by atoms with van der Waals surface area (Å²) in [5.41, 5.74) is 2.19. The fourth-order valence-corrected chi connectivity index (χ4v) is 2.12. The van der Waals surface area contributed by atoms with Crippen molar-refractivity contribution in [3.8, 4) is 0 Å². The lowest BCUT2D eigenvalue weighted by Gasteiger charge is -2.09. The van der Waals surface area contributed by atoms with Crippen molar-refractivity contribution in [3.05, 3.63) is 22.5 Å². The largest absolute Gasteiger partial charge is 0.459 e. The van der Waals surface area contributed by atoms with Gasteiger partial charge in [-0.05, 0) is 45.6 Å². The van der Waals surface area contributed by atoms with Crippen molar-refractivity contribution in [2.75, 3.05) is 6.54 Å². The highest BCUT2D eigenvalue weighted by Gasteiger charge is 2.23. The lowest BCUT2D eigenvalue weighted by Crippen LogP contribution is -2.26. The minimum absolute atomic E-state index is 0.181. The van der Waals surface area contributed by atoms with Crippen molar-refractivity contribution in [1.29, 1.82) is 0 Å². The molecule has 21 heavy (non-hydrogen) atoms. The first-order valence-electron chi connectivity index (χ1n) is 7.42. The van der Waals surface area contributed by atoms with E-state index in [2.05, 4.69) is 24.1 Å². The van der Waals surface area contributed by atoms with Crippen molar-refractivity contribution < 1.29 is 14.3 Å². The molecule has 0 bridgehead atoms. The second-order valence-electron chi connectivity index (χ2n) is 6.02. The van der Waals surface area contributed by atoms with Gasteiger partial charge in [-0.3, -0.25) is 4.79 Å². The molecule has 0 aromatic carbocycles. The summed E-state index contributed by atoms with van der Waals surface area (Å²) in [6, 6.07) is 0. The lowest BCUT2D eigenvalue weighted by molar-refractivity contribution is 0.0376. The Kier molecular flexibility index (Phi) is 6.00. The maximum atomic E-state index is 12.2. The zero-order chi connectivity index (χ0) is 16.2. The van der Waals surface area contributed by atoms with Crippen LogP contribution >= 0.6 is 0 Å². The Labute approximate surface area is 126 Å². The molecular weight excluding hydrogens is 268 g/mol. The number of hydrogen-bond acceptors (Lipinski definition) is 3. The second kappa shape index (κ2) is 7.29. The normalized spacial score (nSPS) is 11.0. The van der Waals surface area contributed by atoms with Gasteiger partial charge >= 0.3 is 5.97 Å². The van der Waals surface area contributed by atoms with Crippen LogP contribution in [-0.4, -0.2) is 29.5 Å². The first-order valence-corrected chi connectivity index (χ1v) is 7.42. The number of nitrogens with one attached hydrogen (secondary N) is 2. The minimum Gasteiger partial charge on any atom is -0.459 e. The Balaban J connectivity index is 2.86. The Bertz CT molecular complexity index is 516. The van der Waals surface area contributed by atoms with E-state index in [1.165, 1.54) is 0 Å². The number of esters is 1. The van der Waals surface area contributed by atoms with E-state index in [4.69, 9.17) is 4.74 Å². The van der Waals surface area contributed by atoms with E-state index in [0.29, 0.717) is 35.0 Å². The number of amides is 1. The quantitative estimate of drug-likeness (QED) is 0.792. The smallest absolute Gasteiger partial charge is 0.340 e. The van der Waals surface area contributed by atoms with Gasteiger partial charge in [0.15, 0.2) is 0 Å². The number of aryl methyl sites for hydroxylation is 1. The highest BCUT2D eigenvalue weighted by atomic mass is 16.5. The highest BCUT2D eigenvalue weighted by Crippen LogP contribution is 2.19. The van der Waals surface area contributed by atoms with Gasteiger partial charge in [0.05, 0.1) is 11.7 Å². The molecule has 0 saturated heterocycles. The first-order chi connectivity index (χ1) is 9.73. The number of hydrogen-bond donors (Lipinski definition) is 2. The molecule has 0 aliphatic rings. The Morgan fingerprint density at radius 1 is 1.19 bits per heavy atom. The van der Waals surface area contributed by atoms with Crippen molar-refractivity contribution in [3.63, 3.8) is 0 Å². The van der Waals surface area contributed by atoms with Gasteiger partial charge in [-0.15, -0.1) is 0 Å². The maximum Gasteiger partial charge on any atom is 0.340 e. The molecule has 118 valence electrons. The molecule has 0 atom stereocenters. The van der Waals surface area contributed by atoms with E-state index in [-0.39, 0.29) is 12.0 Å². The van der Waals surface area contributed by atoms with E-state index in [1.54, 1.807) is 27.7 Å². The van der Waals surface area contributed by atoms with Crippen molar-refractivity contribution in [2.45, 2.75) is 54.1 Å². The summed E-state index contributed by atoms with van der Waals surface area (Å²) in [4.78, 5) is 27.2. The van der Waals surface area contributed by atoms with Crippen LogP contribution in [0, 0.1) is 19.8 Å². The number of ether oxygens (including phenoxy) is 1. The van der Waals surface area contributed by atoms with Gasteiger partial charge in [-0.1, -0.05) is 13.8 Å². The zero-order valence-electron chi connectivity index (χ0n) is 13.8. The molecule has 0 radical (unpaired) electrons. The van der Waals surface area contributed by atoms with Crippen LogP contribution < -0.4 is 5.32 Å². The summed E-state index contributed by atoms with van der Waals surface area (Å²) in [7, 11) is 0. The molecule has 2 N–H and O–H groups in total. The van der Waals surface area contributed by atoms with E-state index in [9.17, 15) is 9.59 Å². The van der Waals surface area contributed by atoms with Crippen LogP contribution in [-0.2, 0) is 4.74 Å². The Hall–Kier alpha value is -1.78. The minimum atomic E-state index is -0.391. The Morgan fingerprint density at radius 3 is 2.33 bits per heavy atom. The monoisotopic (exact) mass is 294 g/mol. The zero-order valence-corrected chi connectivity index (χ0v) is 13.8. The molecule has 0 aliphatic carbocycles. The van der Waals surface area contributed by atoms with Gasteiger partial charge in [0.1, 0.15) is 5.69 Å². The number of carbonyl (C=O) groups excluding carboxylic acids is 2. The molecule has 0 unspecified atom stereocenters. The first kappa shape index (κ1) is 17.3. The van der Waals surface area contributed by atoms with E-state index in [1.807, 2.05) is 0 Å². The molecule has 5 heteroatoms. The summed E-state index contributed by atoms with van der Waals surface area (Å²) < 4.78 is 5.21. The summed E-state index contributed by atoms with van der Waals surface area (Å²) in [5, 5.41) is 2.87. The summed E-state index contributed by atoms with van der Waals surface area (Å²) in [6.45, 7) is 12.0. The van der Waals surface area contributed by atoms with Crippen LogP contribution in [0.3, 0.4) is 0 Å². The summed E-state index contributed by atoms with van der Waals surface area (Å²) in [5.74, 6) is -0.0364. The third-order valence-electron chi connectivity index (χ3n) is 3.22. The predicted octanol–water partition coefficient (Wildman–Crippen LogP) is 2.97. The molecule has 0 fully saturated rings. The molecule has 1 rings (SSSR count). The van der Waals surface area contributed by atoms with Gasteiger partial charge in [0, 0.05) is 12.2 Å². The number of aromatic amines is 1. The number of carbonyl (C=O) groups is 2. The second-order valence-corrected chi connectivity index (χ2v) is 6.02. The van der Waals surface area contributed by atoms with Gasteiger partial charge in [-0.25, -0.2) is 4.79 Å². The maximum absolute atomic E-state index is 12.2. The fraction of sp³-hybridized carbons (Fsp3) is 0.625. The topological polar surface area (TPSA) is 71.2 Å². The van der Waals surface area contributed by atoms with Crippen LogP contribution in [0.4, 0.5) is 0 Å². The molecule has 5 nitrogen and oxygen atoms in total. The van der Waals surface area contributed by atoms with Crippen LogP contribution in [0.5, 0.6) is 0 Å². The van der Waals surface area contributed by atoms with Crippen LogP contribution in [0.15, 0.2) is 0 Å². The third-order valence-corrected chi connectivity index (χ3v) is 3.22. The number of aromatic nitrogens is 1. The standard InChI is InChI=1S/C16H26N2O3/c1-9(2)7-8-17-15(19)14-11(5)13(12(6)18-14)16(20)21-10(3)4/h9-10,18H,7-8H2,1-6H3,(H,17,19). The molecule has 1 aromatic heterocycles. The number of H-pyrrole nitrogens is 1. The third kappa shape index (κ3) is 4.62. The Morgan fingerprint density at radius 2 is 1.81 bits per heavy atom. The van der Waals surface area contributed by atoms with Crippen LogP contribution in [0.25, 0.3) is 0 Å². The van der Waals surface area contributed by atoms with E-state index in [0.717, 1.165) is 6.42 Å². The SMILES string of the molecule is Cc1[nH]c(C(=O)NCCC(C)C)c(C)c1C(=O)OC(C)C. The van der Waals surface area contributed by atoms with Crippen molar-refractivity contribution in [2.24, 2.45) is 5.92 Å². The van der Waals surface area contributed by atoms with Gasteiger partial charge < -0.3 is 15.0 Å². The molecule has 1 heterocycles. The van der Waals surface area contributed by atoms with Gasteiger partial charge in [-0.2, -0.15) is 0 Å². The average Bonchev–Trinajstić information content (AvgIpc) is 2.63. The highest BCUT2D eigenvalue weighted by molar-refractivity contribution is 6.00. The molecule has 0 aliphatic heterocycles.